The van der Waals surface area contributed by atoms with Crippen molar-refractivity contribution in [2.75, 3.05) is 18.5 Å². The number of aryl methyl sites for hydroxylation is 1. The minimum atomic E-state index is -0.0896. The first-order chi connectivity index (χ1) is 10.1. The highest BCUT2D eigenvalue weighted by atomic mass is 16.3. The van der Waals surface area contributed by atoms with Crippen molar-refractivity contribution in [2.45, 2.75) is 32.2 Å². The number of nitrogens with one attached hydrogen (secondary N) is 1. The van der Waals surface area contributed by atoms with E-state index in [1.54, 1.807) is 17.0 Å². The number of hydrogen-bond donors (Lipinski definition) is 2. The third kappa shape index (κ3) is 2.53. The molecule has 2 atom stereocenters. The summed E-state index contributed by atoms with van der Waals surface area (Å²) in [6.45, 7) is 2.77. The number of aliphatic hydroxyl groups excluding tert-OH is 1. The van der Waals surface area contributed by atoms with Gasteiger partial charge in [0.1, 0.15) is 0 Å². The summed E-state index contributed by atoms with van der Waals surface area (Å²) in [5.74, 6) is 0.323. The number of anilines is 1. The van der Waals surface area contributed by atoms with Crippen LogP contribution < -0.4 is 5.32 Å². The molecule has 0 saturated carbocycles. The number of carbonyl (C=O) groups excluding carboxylic acids is 2. The van der Waals surface area contributed by atoms with Gasteiger partial charge in [-0.25, -0.2) is 0 Å². The highest BCUT2D eigenvalue weighted by Gasteiger charge is 2.34. The molecule has 1 saturated heterocycles. The fourth-order valence-corrected chi connectivity index (χ4v) is 3.22. The number of amides is 2. The van der Waals surface area contributed by atoms with Gasteiger partial charge in [0.2, 0.25) is 5.91 Å². The molecule has 1 fully saturated rings. The van der Waals surface area contributed by atoms with Crippen LogP contribution >= 0.6 is 0 Å². The molecular weight excluding hydrogens is 268 g/mol. The van der Waals surface area contributed by atoms with E-state index in [4.69, 9.17) is 0 Å². The molecule has 0 radical (unpaired) electrons. The van der Waals surface area contributed by atoms with Crippen LogP contribution in [0.3, 0.4) is 0 Å². The van der Waals surface area contributed by atoms with Gasteiger partial charge in [0.05, 0.1) is 12.6 Å². The second kappa shape index (κ2) is 5.48. The summed E-state index contributed by atoms with van der Waals surface area (Å²) >= 11 is 0. The Morgan fingerprint density at radius 3 is 3.00 bits per heavy atom. The minimum absolute atomic E-state index is 0.00784. The molecular formula is C16H20N2O3. The Hall–Kier alpha value is -1.88. The first kappa shape index (κ1) is 14.1. The predicted octanol–water partition coefficient (Wildman–Crippen LogP) is 1.41. The van der Waals surface area contributed by atoms with E-state index in [1.807, 2.05) is 6.07 Å². The van der Waals surface area contributed by atoms with E-state index in [-0.39, 0.29) is 24.5 Å². The average molecular weight is 288 g/mol. The molecule has 0 spiro atoms. The zero-order chi connectivity index (χ0) is 15.0. The fourth-order valence-electron chi connectivity index (χ4n) is 3.22. The van der Waals surface area contributed by atoms with Gasteiger partial charge in [-0.15, -0.1) is 0 Å². The Labute approximate surface area is 123 Å². The minimum Gasteiger partial charge on any atom is -0.394 e. The summed E-state index contributed by atoms with van der Waals surface area (Å²) in [5.41, 5.74) is 2.45. The number of aliphatic hydroxyl groups is 1. The van der Waals surface area contributed by atoms with Gasteiger partial charge in [0, 0.05) is 24.2 Å². The van der Waals surface area contributed by atoms with E-state index in [0.29, 0.717) is 30.9 Å². The van der Waals surface area contributed by atoms with Crippen LogP contribution in [0.15, 0.2) is 18.2 Å². The Morgan fingerprint density at radius 2 is 2.24 bits per heavy atom. The van der Waals surface area contributed by atoms with Crippen LogP contribution in [0.25, 0.3) is 0 Å². The molecule has 5 heteroatoms. The van der Waals surface area contributed by atoms with Gasteiger partial charge >= 0.3 is 0 Å². The molecule has 5 nitrogen and oxygen atoms in total. The predicted molar refractivity (Wildman–Crippen MR) is 79.1 cm³/mol. The molecule has 3 rings (SSSR count). The Kier molecular flexibility index (Phi) is 3.68. The number of hydrogen-bond acceptors (Lipinski definition) is 3. The number of nitrogens with zero attached hydrogens (tertiary/aromatic N) is 1. The van der Waals surface area contributed by atoms with Crippen molar-refractivity contribution >= 4 is 17.5 Å². The third-order valence-corrected chi connectivity index (χ3v) is 4.58. The molecule has 112 valence electrons. The SMILES string of the molecule is CC1CCN(C(=O)c2ccc3c(c2)CCC(=O)N3)C1CO. The number of benzene rings is 1. The quantitative estimate of drug-likeness (QED) is 0.864. The van der Waals surface area contributed by atoms with Crippen LogP contribution in [-0.2, 0) is 11.2 Å². The largest absolute Gasteiger partial charge is 0.394 e. The smallest absolute Gasteiger partial charge is 0.254 e. The fraction of sp³-hybridized carbons (Fsp3) is 0.500. The van der Waals surface area contributed by atoms with Crippen LogP contribution in [0.5, 0.6) is 0 Å². The van der Waals surface area contributed by atoms with Crippen molar-refractivity contribution in [1.82, 2.24) is 4.90 Å². The van der Waals surface area contributed by atoms with E-state index in [0.717, 1.165) is 17.7 Å². The number of carbonyl (C=O) groups is 2. The summed E-state index contributed by atoms with van der Waals surface area (Å²) in [5, 5.41) is 12.3. The van der Waals surface area contributed by atoms with E-state index in [1.165, 1.54) is 0 Å². The summed E-state index contributed by atoms with van der Waals surface area (Å²) in [6, 6.07) is 5.33. The number of fused-ring (bicyclic) bond motifs is 1. The molecule has 1 aromatic carbocycles. The molecule has 2 amide bonds. The van der Waals surface area contributed by atoms with Crippen molar-refractivity contribution in [3.8, 4) is 0 Å². The van der Waals surface area contributed by atoms with Crippen LogP contribution in [0, 0.1) is 5.92 Å². The maximum absolute atomic E-state index is 12.6. The molecule has 0 aromatic heterocycles. The zero-order valence-electron chi connectivity index (χ0n) is 12.1. The molecule has 2 unspecified atom stereocenters. The highest BCUT2D eigenvalue weighted by Crippen LogP contribution is 2.28. The lowest BCUT2D eigenvalue weighted by molar-refractivity contribution is -0.116. The van der Waals surface area contributed by atoms with E-state index < -0.39 is 0 Å². The highest BCUT2D eigenvalue weighted by molar-refractivity contribution is 5.98. The summed E-state index contributed by atoms with van der Waals surface area (Å²) in [6.07, 6.45) is 2.06. The Balaban J connectivity index is 1.84. The second-order valence-electron chi connectivity index (χ2n) is 5.93. The van der Waals surface area contributed by atoms with Crippen molar-refractivity contribution in [1.29, 1.82) is 0 Å². The summed E-state index contributed by atoms with van der Waals surface area (Å²) in [4.78, 5) is 25.8. The standard InChI is InChI=1S/C16H20N2O3/c1-10-6-7-18(14(10)9-19)16(21)12-2-4-13-11(8-12)3-5-15(20)17-13/h2,4,8,10,14,19H,3,5-7,9H2,1H3,(H,17,20). The average Bonchev–Trinajstić information content (AvgIpc) is 2.86. The van der Waals surface area contributed by atoms with Crippen LogP contribution in [0.2, 0.25) is 0 Å². The zero-order valence-corrected chi connectivity index (χ0v) is 12.1. The molecule has 1 aromatic rings. The Morgan fingerprint density at radius 1 is 1.43 bits per heavy atom. The van der Waals surface area contributed by atoms with Crippen molar-refractivity contribution in [2.24, 2.45) is 5.92 Å². The summed E-state index contributed by atoms with van der Waals surface area (Å²) in [7, 11) is 0. The molecule has 2 N–H and O–H groups in total. The van der Waals surface area contributed by atoms with Crippen LogP contribution in [0.4, 0.5) is 5.69 Å². The van der Waals surface area contributed by atoms with Gasteiger partial charge in [-0.05, 0) is 42.5 Å². The monoisotopic (exact) mass is 288 g/mol. The van der Waals surface area contributed by atoms with Crippen molar-refractivity contribution in [3.05, 3.63) is 29.3 Å². The second-order valence-corrected chi connectivity index (χ2v) is 5.93. The molecule has 2 heterocycles. The number of rotatable bonds is 2. The molecule has 0 aliphatic carbocycles. The normalized spacial score (nSPS) is 24.7. The van der Waals surface area contributed by atoms with Gasteiger partial charge in [-0.2, -0.15) is 0 Å². The topological polar surface area (TPSA) is 69.6 Å². The molecule has 2 aliphatic rings. The van der Waals surface area contributed by atoms with Crippen LogP contribution in [-0.4, -0.2) is 41.0 Å². The summed E-state index contributed by atoms with van der Waals surface area (Å²) < 4.78 is 0. The van der Waals surface area contributed by atoms with E-state index in [9.17, 15) is 14.7 Å². The lowest BCUT2D eigenvalue weighted by atomic mass is 9.99. The van der Waals surface area contributed by atoms with E-state index >= 15 is 0 Å². The lowest BCUT2D eigenvalue weighted by Crippen LogP contribution is -2.39. The molecule has 21 heavy (non-hydrogen) atoms. The van der Waals surface area contributed by atoms with Gasteiger partial charge in [0.25, 0.3) is 5.91 Å². The van der Waals surface area contributed by atoms with Crippen molar-refractivity contribution in [3.63, 3.8) is 0 Å². The van der Waals surface area contributed by atoms with Gasteiger partial charge in [-0.3, -0.25) is 9.59 Å². The molecule has 2 aliphatic heterocycles. The van der Waals surface area contributed by atoms with Gasteiger partial charge < -0.3 is 15.3 Å². The third-order valence-electron chi connectivity index (χ3n) is 4.58. The van der Waals surface area contributed by atoms with Gasteiger partial charge in [0.15, 0.2) is 0 Å². The first-order valence-corrected chi connectivity index (χ1v) is 7.44. The van der Waals surface area contributed by atoms with Crippen LogP contribution in [0.1, 0.15) is 35.7 Å². The number of likely N-dealkylation sites (tertiary alicyclic amines) is 1. The Bertz CT molecular complexity index is 585. The molecule has 0 bridgehead atoms. The lowest BCUT2D eigenvalue weighted by Gasteiger charge is -2.26. The van der Waals surface area contributed by atoms with Crippen molar-refractivity contribution < 1.29 is 14.7 Å². The van der Waals surface area contributed by atoms with Gasteiger partial charge in [-0.1, -0.05) is 6.92 Å². The maximum Gasteiger partial charge on any atom is 0.254 e. The maximum atomic E-state index is 12.6. The van der Waals surface area contributed by atoms with E-state index in [2.05, 4.69) is 12.2 Å². The first-order valence-electron chi connectivity index (χ1n) is 7.44.